The lowest BCUT2D eigenvalue weighted by atomic mass is 10.1. The Balaban J connectivity index is 1.97. The third-order valence-corrected chi connectivity index (χ3v) is 4.13. The Kier molecular flexibility index (Phi) is 3.71. The summed E-state index contributed by atoms with van der Waals surface area (Å²) in [6, 6.07) is 0. The Bertz CT molecular complexity index is 477. The van der Waals surface area contributed by atoms with E-state index in [1.807, 2.05) is 20.8 Å². The van der Waals surface area contributed by atoms with Crippen molar-refractivity contribution in [1.82, 2.24) is 10.3 Å². The highest BCUT2D eigenvalue weighted by Gasteiger charge is 2.32. The van der Waals surface area contributed by atoms with Crippen molar-refractivity contribution < 1.29 is 4.79 Å². The Hall–Kier alpha value is -1.30. The molecule has 1 fully saturated rings. The number of hydrogen-bond acceptors (Lipinski definition) is 5. The van der Waals surface area contributed by atoms with Crippen LogP contribution in [0.1, 0.15) is 43.8 Å². The zero-order valence-corrected chi connectivity index (χ0v) is 12.7. The Morgan fingerprint density at radius 1 is 1.53 bits per heavy atom. The first-order valence-electron chi connectivity index (χ1n) is 6.59. The number of nitrogens with zero attached hydrogens (tertiary/aromatic N) is 1. The summed E-state index contributed by atoms with van der Waals surface area (Å²) in [7, 11) is 0. The Morgan fingerprint density at radius 2 is 2.16 bits per heavy atom. The summed E-state index contributed by atoms with van der Waals surface area (Å²) in [5, 5.41) is 6.85. The molecule has 1 amide bonds. The number of nitrogen functional groups attached to an aromatic ring is 1. The highest BCUT2D eigenvalue weighted by Crippen LogP contribution is 2.37. The lowest BCUT2D eigenvalue weighted by Gasteiger charge is -2.19. The normalized spacial score (nSPS) is 22.1. The molecule has 0 aromatic carbocycles. The van der Waals surface area contributed by atoms with E-state index in [4.69, 9.17) is 5.73 Å². The van der Waals surface area contributed by atoms with Crippen molar-refractivity contribution in [1.29, 1.82) is 0 Å². The largest absolute Gasteiger partial charge is 0.382 e. The summed E-state index contributed by atoms with van der Waals surface area (Å²) in [6.07, 6.45) is 1.20. The van der Waals surface area contributed by atoms with E-state index in [9.17, 15) is 4.79 Å². The average molecular weight is 282 g/mol. The summed E-state index contributed by atoms with van der Waals surface area (Å²) in [6.45, 7) is 9.05. The summed E-state index contributed by atoms with van der Waals surface area (Å²) < 4.78 is 0. The van der Waals surface area contributed by atoms with E-state index in [2.05, 4.69) is 22.5 Å². The molecule has 1 saturated carbocycles. The van der Waals surface area contributed by atoms with Gasteiger partial charge in [-0.1, -0.05) is 18.3 Å². The highest BCUT2D eigenvalue weighted by molar-refractivity contribution is 7.18. The number of rotatable bonds is 4. The van der Waals surface area contributed by atoms with Crippen LogP contribution in [0.3, 0.4) is 0 Å². The summed E-state index contributed by atoms with van der Waals surface area (Å²) in [5.74, 6) is 1.55. The fourth-order valence-corrected chi connectivity index (χ4v) is 2.87. The van der Waals surface area contributed by atoms with Crippen LogP contribution in [0.25, 0.3) is 0 Å². The molecular formula is C13H22N4OS. The second kappa shape index (κ2) is 5.00. The first-order chi connectivity index (χ1) is 8.76. The minimum absolute atomic E-state index is 0.0957. The average Bonchev–Trinajstić information content (AvgIpc) is 2.84. The summed E-state index contributed by atoms with van der Waals surface area (Å²) in [5.41, 5.74) is 5.71. The summed E-state index contributed by atoms with van der Waals surface area (Å²) in [4.78, 5) is 16.7. The predicted molar refractivity (Wildman–Crippen MR) is 79.5 cm³/mol. The molecule has 0 aliphatic heterocycles. The molecule has 1 heterocycles. The first kappa shape index (κ1) is 14.1. The van der Waals surface area contributed by atoms with Crippen LogP contribution in [0.2, 0.25) is 0 Å². The van der Waals surface area contributed by atoms with Gasteiger partial charge in [0.05, 0.1) is 0 Å². The third kappa shape index (κ3) is 3.83. The number of amides is 1. The molecule has 1 aromatic rings. The van der Waals surface area contributed by atoms with Crippen LogP contribution in [-0.4, -0.2) is 23.0 Å². The maximum absolute atomic E-state index is 12.0. The molecule has 1 aromatic heterocycles. The molecule has 0 spiro atoms. The molecule has 1 aliphatic carbocycles. The molecule has 0 radical (unpaired) electrons. The number of hydrogen-bond donors (Lipinski definition) is 3. The predicted octanol–water partition coefficient (Wildman–Crippen LogP) is 2.32. The first-order valence-corrected chi connectivity index (χ1v) is 7.40. The molecule has 19 heavy (non-hydrogen) atoms. The van der Waals surface area contributed by atoms with Crippen LogP contribution in [0, 0.1) is 11.8 Å². The van der Waals surface area contributed by atoms with Gasteiger partial charge in [0, 0.05) is 12.1 Å². The SMILES string of the molecule is CC1CC1CNC(=O)c1sc(NC(C)(C)C)nc1N. The minimum Gasteiger partial charge on any atom is -0.382 e. The van der Waals surface area contributed by atoms with Crippen LogP contribution in [0.15, 0.2) is 0 Å². The van der Waals surface area contributed by atoms with Gasteiger partial charge in [0.25, 0.3) is 5.91 Å². The van der Waals surface area contributed by atoms with E-state index in [-0.39, 0.29) is 11.4 Å². The van der Waals surface area contributed by atoms with E-state index in [1.165, 1.54) is 17.8 Å². The van der Waals surface area contributed by atoms with Gasteiger partial charge in [0.15, 0.2) is 5.13 Å². The monoisotopic (exact) mass is 282 g/mol. The van der Waals surface area contributed by atoms with E-state index >= 15 is 0 Å². The number of aromatic nitrogens is 1. The molecular weight excluding hydrogens is 260 g/mol. The zero-order valence-electron chi connectivity index (χ0n) is 11.9. The van der Waals surface area contributed by atoms with Crippen molar-refractivity contribution in [3.8, 4) is 0 Å². The van der Waals surface area contributed by atoms with E-state index in [0.717, 1.165) is 12.5 Å². The lowest BCUT2D eigenvalue weighted by molar-refractivity contribution is 0.0956. The standard InChI is InChI=1S/C13H22N4OS/c1-7-5-8(7)6-15-11(18)9-10(14)16-12(19-9)17-13(2,3)4/h7-8H,5-6,14H2,1-4H3,(H,15,18)(H,16,17). The topological polar surface area (TPSA) is 80.0 Å². The molecule has 0 bridgehead atoms. The Morgan fingerprint density at radius 3 is 2.68 bits per heavy atom. The van der Waals surface area contributed by atoms with Gasteiger partial charge in [-0.15, -0.1) is 0 Å². The van der Waals surface area contributed by atoms with Gasteiger partial charge in [0.1, 0.15) is 10.7 Å². The molecule has 4 N–H and O–H groups in total. The van der Waals surface area contributed by atoms with Crippen molar-refractivity contribution >= 4 is 28.2 Å². The van der Waals surface area contributed by atoms with Crippen LogP contribution in [0.4, 0.5) is 10.9 Å². The van der Waals surface area contributed by atoms with E-state index in [1.54, 1.807) is 0 Å². The fraction of sp³-hybridized carbons (Fsp3) is 0.692. The number of carbonyl (C=O) groups excluding carboxylic acids is 1. The van der Waals surface area contributed by atoms with Gasteiger partial charge in [-0.3, -0.25) is 4.79 Å². The van der Waals surface area contributed by atoms with Gasteiger partial charge >= 0.3 is 0 Å². The van der Waals surface area contributed by atoms with Gasteiger partial charge in [-0.05, 0) is 39.0 Å². The van der Waals surface area contributed by atoms with Crippen molar-refractivity contribution in [2.24, 2.45) is 11.8 Å². The lowest BCUT2D eigenvalue weighted by Crippen LogP contribution is -2.26. The van der Waals surface area contributed by atoms with Crippen molar-refractivity contribution in [2.75, 3.05) is 17.6 Å². The second-order valence-electron chi connectivity index (χ2n) is 6.29. The van der Waals surface area contributed by atoms with Crippen molar-refractivity contribution in [3.05, 3.63) is 4.88 Å². The third-order valence-electron chi connectivity index (χ3n) is 3.14. The molecule has 2 atom stereocenters. The van der Waals surface area contributed by atoms with Crippen molar-refractivity contribution in [2.45, 2.75) is 39.7 Å². The molecule has 2 unspecified atom stereocenters. The second-order valence-corrected chi connectivity index (χ2v) is 7.29. The maximum Gasteiger partial charge on any atom is 0.265 e. The number of nitrogens with one attached hydrogen (secondary N) is 2. The number of thiazole rings is 1. The quantitative estimate of drug-likeness (QED) is 0.791. The highest BCUT2D eigenvalue weighted by atomic mass is 32.1. The number of nitrogens with two attached hydrogens (primary N) is 1. The van der Waals surface area contributed by atoms with Gasteiger partial charge in [0.2, 0.25) is 0 Å². The van der Waals surface area contributed by atoms with Crippen LogP contribution in [0.5, 0.6) is 0 Å². The maximum atomic E-state index is 12.0. The molecule has 6 heteroatoms. The molecule has 106 valence electrons. The van der Waals surface area contributed by atoms with E-state index in [0.29, 0.717) is 21.7 Å². The summed E-state index contributed by atoms with van der Waals surface area (Å²) >= 11 is 1.31. The smallest absolute Gasteiger partial charge is 0.265 e. The van der Waals surface area contributed by atoms with Gasteiger partial charge in [-0.25, -0.2) is 4.98 Å². The fourth-order valence-electron chi connectivity index (χ4n) is 1.86. The molecule has 1 aliphatic rings. The van der Waals surface area contributed by atoms with Crippen LogP contribution >= 0.6 is 11.3 Å². The van der Waals surface area contributed by atoms with E-state index < -0.39 is 0 Å². The number of anilines is 2. The molecule has 0 saturated heterocycles. The van der Waals surface area contributed by atoms with Crippen LogP contribution < -0.4 is 16.4 Å². The Labute approximate surface area is 118 Å². The van der Waals surface area contributed by atoms with Crippen LogP contribution in [-0.2, 0) is 0 Å². The number of carbonyl (C=O) groups is 1. The van der Waals surface area contributed by atoms with Crippen molar-refractivity contribution in [3.63, 3.8) is 0 Å². The minimum atomic E-state index is -0.115. The molecule has 2 rings (SSSR count). The molecule has 5 nitrogen and oxygen atoms in total. The zero-order chi connectivity index (χ0) is 14.2. The van der Waals surface area contributed by atoms with Gasteiger partial charge in [-0.2, -0.15) is 0 Å². The van der Waals surface area contributed by atoms with Gasteiger partial charge < -0.3 is 16.4 Å².